The molecule has 0 amide bonds. The molecular weight excluding hydrogens is 202 g/mol. The van der Waals surface area contributed by atoms with Crippen molar-refractivity contribution in [2.24, 2.45) is 34.8 Å². The van der Waals surface area contributed by atoms with E-state index in [2.05, 4.69) is 13.0 Å². The zero-order valence-electron chi connectivity index (χ0n) is 9.65. The zero-order valence-corrected chi connectivity index (χ0v) is 9.65. The maximum absolute atomic E-state index is 11.0. The van der Waals surface area contributed by atoms with Crippen molar-refractivity contribution in [3.8, 4) is 0 Å². The average molecular weight is 221 g/mol. The largest absolute Gasteiger partial charge is 0.481 e. The van der Waals surface area contributed by atoms with Crippen molar-refractivity contribution in [1.82, 2.24) is 0 Å². The molecule has 0 bridgehead atoms. The number of carbonyl (C=O) groups is 1. The second-order valence-corrected chi connectivity index (χ2v) is 5.81. The van der Waals surface area contributed by atoms with Gasteiger partial charge < -0.3 is 10.8 Å². The highest BCUT2D eigenvalue weighted by Crippen LogP contribution is 2.70. The number of aliphatic carboxylic acids is 1. The summed E-state index contributed by atoms with van der Waals surface area (Å²) < 4.78 is 0. The van der Waals surface area contributed by atoms with E-state index in [0.717, 1.165) is 11.8 Å². The van der Waals surface area contributed by atoms with Gasteiger partial charge in [-0.15, -0.1) is 0 Å². The minimum atomic E-state index is -0.690. The second kappa shape index (κ2) is 3.10. The number of rotatable bonds is 3. The molecule has 88 valence electrons. The van der Waals surface area contributed by atoms with Gasteiger partial charge in [-0.05, 0) is 50.0 Å². The van der Waals surface area contributed by atoms with Gasteiger partial charge in [-0.1, -0.05) is 11.6 Å². The van der Waals surface area contributed by atoms with E-state index < -0.39 is 5.97 Å². The fourth-order valence-corrected chi connectivity index (χ4v) is 4.81. The number of hydrogen-bond acceptors (Lipinski definition) is 2. The van der Waals surface area contributed by atoms with E-state index in [1.807, 2.05) is 0 Å². The number of carboxylic acid groups (broad SMARTS) is 1. The molecule has 0 aromatic heterocycles. The van der Waals surface area contributed by atoms with E-state index in [1.165, 1.54) is 18.4 Å². The van der Waals surface area contributed by atoms with Crippen LogP contribution >= 0.6 is 0 Å². The van der Waals surface area contributed by atoms with E-state index in [-0.39, 0.29) is 11.8 Å². The highest BCUT2D eigenvalue weighted by atomic mass is 16.4. The van der Waals surface area contributed by atoms with Crippen LogP contribution < -0.4 is 5.73 Å². The molecule has 0 saturated heterocycles. The fourth-order valence-electron chi connectivity index (χ4n) is 4.81. The third-order valence-electron chi connectivity index (χ3n) is 5.42. The summed E-state index contributed by atoms with van der Waals surface area (Å²) in [7, 11) is 0. The maximum atomic E-state index is 11.0. The summed E-state index contributed by atoms with van der Waals surface area (Å²) in [5, 5.41) is 9.08. The van der Waals surface area contributed by atoms with E-state index in [0.29, 0.717) is 18.4 Å². The molecule has 0 aromatic rings. The lowest BCUT2D eigenvalue weighted by Crippen LogP contribution is -2.58. The summed E-state index contributed by atoms with van der Waals surface area (Å²) in [5.74, 6) is 1.79. The van der Waals surface area contributed by atoms with Gasteiger partial charge >= 0.3 is 5.97 Å². The summed E-state index contributed by atoms with van der Waals surface area (Å²) in [6.07, 6.45) is 5.00. The summed E-state index contributed by atoms with van der Waals surface area (Å²) in [5.41, 5.74) is 7.27. The highest BCUT2D eigenvalue weighted by Gasteiger charge is 2.66. The first-order chi connectivity index (χ1) is 7.60. The van der Waals surface area contributed by atoms with Crippen molar-refractivity contribution in [1.29, 1.82) is 0 Å². The van der Waals surface area contributed by atoms with Crippen LogP contribution in [-0.2, 0) is 4.79 Å². The third-order valence-corrected chi connectivity index (χ3v) is 5.42. The Bertz CT molecular complexity index is 376. The topological polar surface area (TPSA) is 63.3 Å². The summed E-state index contributed by atoms with van der Waals surface area (Å²) >= 11 is 0. The Labute approximate surface area is 95.7 Å². The quantitative estimate of drug-likeness (QED) is 0.712. The van der Waals surface area contributed by atoms with Gasteiger partial charge in [0.1, 0.15) is 0 Å². The van der Waals surface area contributed by atoms with E-state index in [4.69, 9.17) is 10.8 Å². The van der Waals surface area contributed by atoms with Crippen molar-refractivity contribution in [2.45, 2.75) is 26.2 Å². The van der Waals surface area contributed by atoms with Gasteiger partial charge in [-0.25, -0.2) is 0 Å². The lowest BCUT2D eigenvalue weighted by Gasteiger charge is -2.57. The lowest BCUT2D eigenvalue weighted by molar-refractivity contribution is -0.150. The number of carboxylic acids is 1. The van der Waals surface area contributed by atoms with Crippen molar-refractivity contribution < 1.29 is 9.90 Å². The van der Waals surface area contributed by atoms with Crippen LogP contribution in [0.1, 0.15) is 26.2 Å². The Morgan fingerprint density at radius 2 is 2.38 bits per heavy atom. The van der Waals surface area contributed by atoms with Gasteiger partial charge in [0.25, 0.3) is 0 Å². The van der Waals surface area contributed by atoms with Crippen LogP contribution in [0.3, 0.4) is 0 Å². The first-order valence-electron chi connectivity index (χ1n) is 6.20. The van der Waals surface area contributed by atoms with Crippen LogP contribution in [0.25, 0.3) is 0 Å². The van der Waals surface area contributed by atoms with Crippen LogP contribution in [-0.4, -0.2) is 17.6 Å². The first kappa shape index (κ1) is 10.3. The first-order valence-corrected chi connectivity index (χ1v) is 6.20. The molecule has 0 aromatic carbocycles. The summed E-state index contributed by atoms with van der Waals surface area (Å²) in [4.78, 5) is 11.0. The zero-order chi connectivity index (χ0) is 11.5. The average Bonchev–Trinajstić information content (AvgIpc) is 2.73. The SMILES string of the molecule is CC1=C[C@@H]2[C@@H]3C1CC[C@@H]3[C@]2(CN)CC(=O)O. The lowest BCUT2D eigenvalue weighted by atomic mass is 9.47. The van der Waals surface area contributed by atoms with Crippen LogP contribution in [0, 0.1) is 29.1 Å². The summed E-state index contributed by atoms with van der Waals surface area (Å²) in [6, 6.07) is 0. The van der Waals surface area contributed by atoms with Crippen molar-refractivity contribution >= 4 is 5.97 Å². The minimum Gasteiger partial charge on any atom is -0.481 e. The molecule has 3 aliphatic carbocycles. The molecule has 3 rings (SSSR count). The van der Waals surface area contributed by atoms with Crippen LogP contribution in [0.4, 0.5) is 0 Å². The molecule has 3 nitrogen and oxygen atoms in total. The van der Waals surface area contributed by atoms with Crippen LogP contribution in [0.2, 0.25) is 0 Å². The molecule has 16 heavy (non-hydrogen) atoms. The predicted molar refractivity (Wildman–Crippen MR) is 60.7 cm³/mol. The van der Waals surface area contributed by atoms with Gasteiger partial charge in [-0.2, -0.15) is 0 Å². The Morgan fingerprint density at radius 1 is 1.62 bits per heavy atom. The number of allylic oxidation sites excluding steroid dienone is 2. The van der Waals surface area contributed by atoms with Crippen molar-refractivity contribution in [2.75, 3.05) is 6.54 Å². The molecule has 2 fully saturated rings. The third kappa shape index (κ3) is 1.000. The summed E-state index contributed by atoms with van der Waals surface area (Å²) in [6.45, 7) is 2.73. The van der Waals surface area contributed by atoms with Gasteiger partial charge in [0.05, 0.1) is 6.42 Å². The van der Waals surface area contributed by atoms with E-state index in [1.54, 1.807) is 0 Å². The Hall–Kier alpha value is -0.830. The van der Waals surface area contributed by atoms with E-state index >= 15 is 0 Å². The highest BCUT2D eigenvalue weighted by molar-refractivity contribution is 5.68. The molecule has 0 aliphatic heterocycles. The fraction of sp³-hybridized carbons (Fsp3) is 0.769. The molecule has 5 atom stereocenters. The monoisotopic (exact) mass is 221 g/mol. The van der Waals surface area contributed by atoms with Gasteiger partial charge in [0.15, 0.2) is 0 Å². The maximum Gasteiger partial charge on any atom is 0.303 e. The smallest absolute Gasteiger partial charge is 0.303 e. The minimum absolute atomic E-state index is 0.122. The number of nitrogens with two attached hydrogens (primary N) is 1. The molecular formula is C13H19NO2. The molecule has 0 radical (unpaired) electrons. The van der Waals surface area contributed by atoms with Crippen molar-refractivity contribution in [3.05, 3.63) is 11.6 Å². The van der Waals surface area contributed by atoms with Crippen LogP contribution in [0.15, 0.2) is 11.6 Å². The Morgan fingerprint density at radius 3 is 3.00 bits per heavy atom. The van der Waals surface area contributed by atoms with Gasteiger partial charge in [0.2, 0.25) is 0 Å². The predicted octanol–water partition coefficient (Wildman–Crippen LogP) is 1.64. The van der Waals surface area contributed by atoms with Gasteiger partial charge in [0, 0.05) is 5.41 Å². The normalized spacial score (nSPS) is 48.5. The van der Waals surface area contributed by atoms with E-state index in [9.17, 15) is 4.79 Å². The molecule has 3 aliphatic rings. The Kier molecular flexibility index (Phi) is 2.00. The molecule has 2 saturated carbocycles. The molecule has 1 unspecified atom stereocenters. The standard InChI is InChI=1S/C13H19NO2/c1-7-4-10-12-8(7)2-3-9(12)13(10,6-14)5-11(15)16/h4,8-10,12H,2-3,5-6,14H2,1H3,(H,15,16)/t8?,9-,10+,12+,13+/m0/s1. The molecule has 0 heterocycles. The molecule has 0 spiro atoms. The molecule has 3 heteroatoms. The van der Waals surface area contributed by atoms with Crippen molar-refractivity contribution in [3.63, 3.8) is 0 Å². The number of hydrogen-bond donors (Lipinski definition) is 2. The Balaban J connectivity index is 1.95. The second-order valence-electron chi connectivity index (χ2n) is 5.81. The van der Waals surface area contributed by atoms with Gasteiger partial charge in [-0.3, -0.25) is 4.79 Å². The molecule has 3 N–H and O–H groups in total. The van der Waals surface area contributed by atoms with Crippen LogP contribution in [0.5, 0.6) is 0 Å².